The number of aromatic nitrogens is 3. The predicted molar refractivity (Wildman–Crippen MR) is 99.3 cm³/mol. The molecule has 27 heavy (non-hydrogen) atoms. The molecule has 140 valence electrons. The Kier molecular flexibility index (Phi) is 4.05. The van der Waals surface area contributed by atoms with Gasteiger partial charge in [-0.1, -0.05) is 0 Å². The summed E-state index contributed by atoms with van der Waals surface area (Å²) in [6.45, 7) is 1.80. The molecule has 0 saturated heterocycles. The summed E-state index contributed by atoms with van der Waals surface area (Å²) < 4.78 is 28.4. The maximum Gasteiger partial charge on any atom is 0.230 e. The molecule has 1 N–H and O–H groups in total. The molecule has 0 radical (unpaired) electrons. The fraction of sp³-hybridized carbons (Fsp3) is 0.316. The molecule has 1 aliphatic rings. The second-order valence-electron chi connectivity index (χ2n) is 6.92. The summed E-state index contributed by atoms with van der Waals surface area (Å²) in [4.78, 5) is 22.2. The van der Waals surface area contributed by atoms with Crippen LogP contribution < -0.4 is 10.2 Å². The number of nitrogens with zero attached hydrogens (tertiary/aromatic N) is 4. The van der Waals surface area contributed by atoms with Gasteiger partial charge in [0.2, 0.25) is 11.9 Å². The van der Waals surface area contributed by atoms with Crippen molar-refractivity contribution in [2.75, 3.05) is 17.3 Å². The van der Waals surface area contributed by atoms with Crippen molar-refractivity contribution in [3.8, 4) is 0 Å². The lowest BCUT2D eigenvalue weighted by molar-refractivity contribution is -0.117. The second kappa shape index (κ2) is 6.29. The second-order valence-corrected chi connectivity index (χ2v) is 6.92. The number of carbonyl (C=O) groups is 1. The molecule has 2 unspecified atom stereocenters. The Labute approximate surface area is 154 Å². The number of pyridine rings is 1. The summed E-state index contributed by atoms with van der Waals surface area (Å²) in [7, 11) is 3.69. The van der Waals surface area contributed by atoms with Gasteiger partial charge >= 0.3 is 0 Å². The van der Waals surface area contributed by atoms with E-state index in [2.05, 4.69) is 15.3 Å². The molecule has 6 nitrogen and oxygen atoms in total. The number of halogens is 2. The van der Waals surface area contributed by atoms with Gasteiger partial charge in [-0.3, -0.25) is 4.79 Å². The Balaban J connectivity index is 1.76. The molecule has 2 atom stereocenters. The van der Waals surface area contributed by atoms with E-state index in [0.29, 0.717) is 11.2 Å². The van der Waals surface area contributed by atoms with Crippen LogP contribution in [0.2, 0.25) is 0 Å². The van der Waals surface area contributed by atoms with Crippen molar-refractivity contribution in [2.45, 2.75) is 19.5 Å². The van der Waals surface area contributed by atoms with Crippen LogP contribution in [0.1, 0.15) is 12.0 Å². The number of carbonyl (C=O) groups excluding carboxylic acids is 1. The van der Waals surface area contributed by atoms with Gasteiger partial charge in [-0.15, -0.1) is 0 Å². The Morgan fingerprint density at radius 1 is 1.33 bits per heavy atom. The van der Waals surface area contributed by atoms with E-state index in [9.17, 15) is 13.6 Å². The average molecular weight is 371 g/mol. The topological polar surface area (TPSA) is 63.1 Å². The number of nitrogens with one attached hydrogen (secondary N) is 1. The van der Waals surface area contributed by atoms with Crippen LogP contribution in [0.25, 0.3) is 11.0 Å². The molecule has 0 spiro atoms. The monoisotopic (exact) mass is 371 g/mol. The molecular formula is C19H19F2N5O. The zero-order valence-electron chi connectivity index (χ0n) is 15.2. The number of fused-ring (bicyclic) bond motifs is 1. The molecule has 4 rings (SSSR count). The number of benzene rings is 1. The Morgan fingerprint density at radius 2 is 2.07 bits per heavy atom. The van der Waals surface area contributed by atoms with Crippen molar-refractivity contribution in [2.24, 2.45) is 13.0 Å². The average Bonchev–Trinajstić information content (AvgIpc) is 3.24. The van der Waals surface area contributed by atoms with E-state index >= 15 is 0 Å². The number of aryl methyl sites for hydroxylation is 2. The third-order valence-corrected chi connectivity index (χ3v) is 4.92. The number of hydrogen-bond acceptors (Lipinski definition) is 4. The van der Waals surface area contributed by atoms with Gasteiger partial charge in [0.1, 0.15) is 11.7 Å². The van der Waals surface area contributed by atoms with Crippen LogP contribution in [0.5, 0.6) is 0 Å². The fourth-order valence-electron chi connectivity index (χ4n) is 3.17. The number of anilines is 3. The van der Waals surface area contributed by atoms with Crippen molar-refractivity contribution in [1.29, 1.82) is 0 Å². The number of rotatable bonds is 4. The van der Waals surface area contributed by atoms with Gasteiger partial charge in [0.05, 0.1) is 35.3 Å². The first-order valence-corrected chi connectivity index (χ1v) is 8.61. The summed E-state index contributed by atoms with van der Waals surface area (Å²) in [6.07, 6.45) is 2.32. The largest absolute Gasteiger partial charge is 0.343 e. The van der Waals surface area contributed by atoms with Crippen molar-refractivity contribution < 1.29 is 13.6 Å². The normalized spacial score (nSPS) is 18.6. The van der Waals surface area contributed by atoms with E-state index in [-0.39, 0.29) is 12.3 Å². The Morgan fingerprint density at radius 3 is 2.74 bits per heavy atom. The lowest BCUT2D eigenvalue weighted by atomic mass is 10.1. The SMILES string of the molecule is Cc1cc(F)ncc1N(C)c1cc(NC(=O)C2CC2F)c2ncn(C)c2c1. The number of hydrogen-bond donors (Lipinski definition) is 1. The van der Waals surface area contributed by atoms with Gasteiger partial charge < -0.3 is 14.8 Å². The molecule has 2 aromatic heterocycles. The van der Waals surface area contributed by atoms with Gasteiger partial charge in [0.15, 0.2) is 0 Å². The summed E-state index contributed by atoms with van der Waals surface area (Å²) in [5.74, 6) is -1.47. The smallest absolute Gasteiger partial charge is 0.230 e. The lowest BCUT2D eigenvalue weighted by Crippen LogP contribution is -2.17. The molecule has 2 heterocycles. The first kappa shape index (κ1) is 17.4. The van der Waals surface area contributed by atoms with Crippen LogP contribution in [0, 0.1) is 18.8 Å². The number of alkyl halides is 1. The highest BCUT2D eigenvalue weighted by Gasteiger charge is 2.43. The van der Waals surface area contributed by atoms with Crippen molar-refractivity contribution in [3.63, 3.8) is 0 Å². The van der Waals surface area contributed by atoms with Gasteiger partial charge in [-0.2, -0.15) is 4.39 Å². The zero-order chi connectivity index (χ0) is 19.3. The van der Waals surface area contributed by atoms with Crippen molar-refractivity contribution in [3.05, 3.63) is 42.2 Å². The maximum absolute atomic E-state index is 13.3. The van der Waals surface area contributed by atoms with Crippen LogP contribution in [-0.4, -0.2) is 33.7 Å². The van der Waals surface area contributed by atoms with Gasteiger partial charge in [0, 0.05) is 19.8 Å². The molecular weight excluding hydrogens is 352 g/mol. The van der Waals surface area contributed by atoms with E-state index in [1.54, 1.807) is 19.3 Å². The summed E-state index contributed by atoms with van der Waals surface area (Å²) in [5.41, 5.74) is 4.21. The van der Waals surface area contributed by atoms with Crippen LogP contribution in [0.4, 0.5) is 25.8 Å². The summed E-state index contributed by atoms with van der Waals surface area (Å²) >= 11 is 0. The molecule has 0 aliphatic heterocycles. The zero-order valence-corrected chi connectivity index (χ0v) is 15.2. The third kappa shape index (κ3) is 3.11. The predicted octanol–water partition coefficient (Wildman–Crippen LogP) is 3.48. The van der Waals surface area contributed by atoms with Crippen LogP contribution >= 0.6 is 0 Å². The van der Waals surface area contributed by atoms with E-state index in [4.69, 9.17) is 0 Å². The highest BCUT2D eigenvalue weighted by molar-refractivity contribution is 6.03. The molecule has 3 aromatic rings. The van der Waals surface area contributed by atoms with Gasteiger partial charge in [-0.05, 0) is 37.1 Å². The van der Waals surface area contributed by atoms with E-state index in [0.717, 1.165) is 22.5 Å². The standard InChI is InChI=1S/C19H19F2N5O/c1-10-4-17(21)22-8-16(10)26(3)11-5-14(24-19(27)12-7-13(12)20)18-15(6-11)25(2)9-23-18/h4-6,8-9,12-13H,7H2,1-3H3,(H,24,27). The molecule has 1 fully saturated rings. The summed E-state index contributed by atoms with van der Waals surface area (Å²) in [5, 5.41) is 2.80. The first-order chi connectivity index (χ1) is 12.8. The van der Waals surface area contributed by atoms with E-state index < -0.39 is 18.0 Å². The minimum atomic E-state index is -1.07. The van der Waals surface area contributed by atoms with Crippen LogP contribution in [0.3, 0.4) is 0 Å². The minimum absolute atomic E-state index is 0.261. The lowest BCUT2D eigenvalue weighted by Gasteiger charge is -2.22. The van der Waals surface area contributed by atoms with Crippen LogP contribution in [0.15, 0.2) is 30.7 Å². The van der Waals surface area contributed by atoms with Crippen LogP contribution in [-0.2, 0) is 11.8 Å². The third-order valence-electron chi connectivity index (χ3n) is 4.92. The molecule has 1 aromatic carbocycles. The quantitative estimate of drug-likeness (QED) is 0.713. The number of amides is 1. The molecule has 1 aliphatic carbocycles. The first-order valence-electron chi connectivity index (χ1n) is 8.61. The number of imidazole rings is 1. The highest BCUT2D eigenvalue weighted by atomic mass is 19.1. The molecule has 8 heteroatoms. The van der Waals surface area contributed by atoms with Crippen molar-refractivity contribution >= 4 is 34.0 Å². The van der Waals surface area contributed by atoms with E-state index in [1.165, 1.54) is 12.3 Å². The Hall–Kier alpha value is -3.03. The molecule has 1 amide bonds. The van der Waals surface area contributed by atoms with E-state index in [1.807, 2.05) is 29.6 Å². The summed E-state index contributed by atoms with van der Waals surface area (Å²) in [6, 6.07) is 5.08. The fourth-order valence-corrected chi connectivity index (χ4v) is 3.17. The Bertz CT molecular complexity index is 1050. The van der Waals surface area contributed by atoms with Gasteiger partial charge in [-0.25, -0.2) is 14.4 Å². The highest BCUT2D eigenvalue weighted by Crippen LogP contribution is 2.37. The maximum atomic E-state index is 13.3. The minimum Gasteiger partial charge on any atom is -0.343 e. The van der Waals surface area contributed by atoms with Gasteiger partial charge in [0.25, 0.3) is 0 Å². The molecule has 1 saturated carbocycles. The molecule has 0 bridgehead atoms. The van der Waals surface area contributed by atoms with Crippen molar-refractivity contribution in [1.82, 2.24) is 14.5 Å².